The first-order valence-electron chi connectivity index (χ1n) is 6.62. The van der Waals surface area contributed by atoms with Crippen molar-refractivity contribution in [2.45, 2.75) is 6.92 Å². The Balaban J connectivity index is 1.98. The van der Waals surface area contributed by atoms with Gasteiger partial charge in [0, 0.05) is 30.5 Å². The minimum atomic E-state index is -0.500. The van der Waals surface area contributed by atoms with Crippen LogP contribution < -0.4 is 14.8 Å². The maximum absolute atomic E-state index is 12.3. The molecular weight excluding hydrogens is 284 g/mol. The molecular formula is C15H14N4O3. The molecule has 3 rings (SSSR count). The Bertz CT molecular complexity index is 857. The first-order valence-corrected chi connectivity index (χ1v) is 6.62. The zero-order chi connectivity index (χ0) is 15.7. The Morgan fingerprint density at radius 2 is 2.23 bits per heavy atom. The predicted octanol–water partition coefficient (Wildman–Crippen LogP) is 1.77. The molecule has 0 bridgehead atoms. The number of aromatic amines is 1. The summed E-state index contributed by atoms with van der Waals surface area (Å²) in [5.74, 6) is -0.0185. The fraction of sp³-hybridized carbons (Fsp3) is 0.133. The largest absolute Gasteiger partial charge is 0.618 e. The van der Waals surface area contributed by atoms with Crippen molar-refractivity contribution < 1.29 is 14.3 Å². The number of benzene rings is 1. The van der Waals surface area contributed by atoms with Crippen molar-refractivity contribution in [1.82, 2.24) is 10.2 Å². The average molecular weight is 298 g/mol. The molecule has 22 heavy (non-hydrogen) atoms. The van der Waals surface area contributed by atoms with Gasteiger partial charge in [0.15, 0.2) is 5.69 Å². The highest BCUT2D eigenvalue weighted by molar-refractivity contribution is 6.04. The maximum Gasteiger partial charge on any atom is 0.321 e. The van der Waals surface area contributed by atoms with Crippen LogP contribution in [0.1, 0.15) is 16.2 Å². The van der Waals surface area contributed by atoms with Gasteiger partial charge in [0.1, 0.15) is 5.75 Å². The van der Waals surface area contributed by atoms with Crippen LogP contribution in [-0.4, -0.2) is 23.2 Å². The van der Waals surface area contributed by atoms with Crippen molar-refractivity contribution in [2.75, 3.05) is 12.4 Å². The van der Waals surface area contributed by atoms with Gasteiger partial charge in [-0.25, -0.2) is 0 Å². The molecule has 0 aliphatic heterocycles. The van der Waals surface area contributed by atoms with Crippen molar-refractivity contribution in [3.8, 4) is 5.75 Å². The third kappa shape index (κ3) is 2.32. The number of nitrogens with one attached hydrogen (secondary N) is 2. The fourth-order valence-corrected chi connectivity index (χ4v) is 2.20. The number of hydrogen-bond donors (Lipinski definition) is 2. The number of anilines is 1. The fourth-order valence-electron chi connectivity index (χ4n) is 2.20. The molecule has 0 unspecified atom stereocenters. The summed E-state index contributed by atoms with van der Waals surface area (Å²) in [6.07, 6.45) is 1.64. The number of ether oxygens (including phenoxy) is 1. The molecule has 0 saturated heterocycles. The number of carbonyl (C=O) groups excluding carboxylic acids is 1. The normalized spacial score (nSPS) is 10.6. The Hall–Kier alpha value is -3.09. The van der Waals surface area contributed by atoms with E-state index in [1.165, 1.54) is 13.2 Å². The second kappa shape index (κ2) is 5.36. The molecule has 0 radical (unpaired) electrons. The molecule has 0 aliphatic carbocycles. The van der Waals surface area contributed by atoms with Crippen LogP contribution in [0.4, 0.5) is 5.69 Å². The molecule has 0 fully saturated rings. The van der Waals surface area contributed by atoms with Gasteiger partial charge in [-0.2, -0.15) is 9.83 Å². The van der Waals surface area contributed by atoms with Gasteiger partial charge in [0.2, 0.25) is 0 Å². The summed E-state index contributed by atoms with van der Waals surface area (Å²) in [4.78, 5) is 12.3. The van der Waals surface area contributed by atoms with Gasteiger partial charge < -0.3 is 15.3 Å². The molecule has 1 aromatic carbocycles. The summed E-state index contributed by atoms with van der Waals surface area (Å²) in [5, 5.41) is 22.2. The van der Waals surface area contributed by atoms with Crippen molar-refractivity contribution in [3.63, 3.8) is 0 Å². The number of aromatic nitrogens is 3. The molecule has 0 saturated carbocycles. The van der Waals surface area contributed by atoms with Crippen molar-refractivity contribution in [3.05, 3.63) is 53.1 Å². The van der Waals surface area contributed by atoms with Gasteiger partial charge in [0.05, 0.1) is 24.5 Å². The van der Waals surface area contributed by atoms with Gasteiger partial charge in [-0.05, 0) is 12.1 Å². The number of H-pyrrole nitrogens is 1. The van der Waals surface area contributed by atoms with Crippen LogP contribution >= 0.6 is 0 Å². The standard InChI is InChI=1S/C15H14N4O3/c1-9-4-3-5-13(19(9)21)15(20)17-12-6-10-8-16-18-11(10)7-14(12)22-2/h3-8H,1-2H3,(H,16,18)(H,17,20). The highest BCUT2D eigenvalue weighted by Gasteiger charge is 2.19. The molecule has 2 N–H and O–H groups in total. The maximum atomic E-state index is 12.3. The number of nitrogens with zero attached hydrogens (tertiary/aromatic N) is 2. The third-order valence-corrected chi connectivity index (χ3v) is 3.37. The predicted molar refractivity (Wildman–Crippen MR) is 80.7 cm³/mol. The van der Waals surface area contributed by atoms with Crippen LogP contribution in [0.25, 0.3) is 10.9 Å². The van der Waals surface area contributed by atoms with Gasteiger partial charge in [-0.3, -0.25) is 9.89 Å². The lowest BCUT2D eigenvalue weighted by molar-refractivity contribution is -0.614. The van der Waals surface area contributed by atoms with E-state index in [1.807, 2.05) is 0 Å². The van der Waals surface area contributed by atoms with E-state index in [0.717, 1.165) is 10.9 Å². The van der Waals surface area contributed by atoms with Crippen LogP contribution in [0.3, 0.4) is 0 Å². The van der Waals surface area contributed by atoms with Crippen molar-refractivity contribution in [2.24, 2.45) is 0 Å². The summed E-state index contributed by atoms with van der Waals surface area (Å²) in [6, 6.07) is 8.25. The van der Waals surface area contributed by atoms with Crippen LogP contribution in [0, 0.1) is 12.1 Å². The molecule has 0 aliphatic rings. The van der Waals surface area contributed by atoms with E-state index in [2.05, 4.69) is 15.5 Å². The zero-order valence-electron chi connectivity index (χ0n) is 12.1. The SMILES string of the molecule is COc1cc2[nH]ncc2cc1NC(=O)c1cccc(C)[n+]1[O-]. The Kier molecular flexibility index (Phi) is 3.38. The second-order valence-electron chi connectivity index (χ2n) is 4.81. The van der Waals surface area contributed by atoms with Crippen LogP contribution in [0.15, 0.2) is 36.5 Å². The van der Waals surface area contributed by atoms with Crippen molar-refractivity contribution >= 4 is 22.5 Å². The van der Waals surface area contributed by atoms with E-state index < -0.39 is 5.91 Å². The van der Waals surface area contributed by atoms with E-state index in [4.69, 9.17) is 4.74 Å². The number of pyridine rings is 1. The lowest BCUT2D eigenvalue weighted by Crippen LogP contribution is -2.39. The van der Waals surface area contributed by atoms with Crippen LogP contribution in [-0.2, 0) is 0 Å². The zero-order valence-corrected chi connectivity index (χ0v) is 12.1. The quantitative estimate of drug-likeness (QED) is 0.569. The number of amides is 1. The van der Waals surface area contributed by atoms with E-state index in [1.54, 1.807) is 37.4 Å². The van der Waals surface area contributed by atoms with E-state index in [-0.39, 0.29) is 5.69 Å². The minimum absolute atomic E-state index is 0.0225. The van der Waals surface area contributed by atoms with Gasteiger partial charge in [-0.1, -0.05) is 0 Å². The van der Waals surface area contributed by atoms with E-state index >= 15 is 0 Å². The Morgan fingerprint density at radius 1 is 1.41 bits per heavy atom. The highest BCUT2D eigenvalue weighted by Crippen LogP contribution is 2.29. The summed E-state index contributed by atoms with van der Waals surface area (Å²) >= 11 is 0. The number of rotatable bonds is 3. The third-order valence-electron chi connectivity index (χ3n) is 3.37. The second-order valence-corrected chi connectivity index (χ2v) is 4.81. The summed E-state index contributed by atoms with van der Waals surface area (Å²) in [7, 11) is 1.51. The lowest BCUT2D eigenvalue weighted by Gasteiger charge is -2.11. The van der Waals surface area contributed by atoms with Gasteiger partial charge in [-0.15, -0.1) is 0 Å². The summed E-state index contributed by atoms with van der Waals surface area (Å²) < 4.78 is 5.86. The van der Waals surface area contributed by atoms with Crippen LogP contribution in [0.2, 0.25) is 0 Å². The minimum Gasteiger partial charge on any atom is -0.618 e. The first-order chi connectivity index (χ1) is 10.6. The number of methoxy groups -OCH3 is 1. The number of hydrogen-bond acceptors (Lipinski definition) is 4. The Morgan fingerprint density at radius 3 is 3.00 bits per heavy atom. The van der Waals surface area contributed by atoms with Crippen LogP contribution in [0.5, 0.6) is 5.75 Å². The molecule has 0 spiro atoms. The molecule has 112 valence electrons. The number of carbonyl (C=O) groups is 1. The highest BCUT2D eigenvalue weighted by atomic mass is 16.5. The molecule has 7 nitrogen and oxygen atoms in total. The summed E-state index contributed by atoms with van der Waals surface area (Å²) in [5.41, 5.74) is 1.74. The van der Waals surface area contributed by atoms with Gasteiger partial charge >= 0.3 is 5.91 Å². The average Bonchev–Trinajstić information content (AvgIpc) is 2.96. The monoisotopic (exact) mass is 298 g/mol. The topological polar surface area (TPSA) is 93.9 Å². The molecule has 3 aromatic rings. The Labute approximate surface area is 126 Å². The molecule has 1 amide bonds. The molecule has 0 atom stereocenters. The van der Waals surface area contributed by atoms with Gasteiger partial charge in [0.25, 0.3) is 5.69 Å². The number of aryl methyl sites for hydroxylation is 1. The van der Waals surface area contributed by atoms with E-state index in [0.29, 0.717) is 21.9 Å². The molecule has 2 heterocycles. The van der Waals surface area contributed by atoms with E-state index in [9.17, 15) is 10.0 Å². The smallest absolute Gasteiger partial charge is 0.321 e. The lowest BCUT2D eigenvalue weighted by atomic mass is 10.2. The summed E-state index contributed by atoms with van der Waals surface area (Å²) in [6.45, 7) is 1.64. The first kappa shape index (κ1) is 13.9. The molecule has 7 heteroatoms. The molecule has 2 aromatic heterocycles. The van der Waals surface area contributed by atoms with Crippen molar-refractivity contribution in [1.29, 1.82) is 0 Å². The number of fused-ring (bicyclic) bond motifs is 1.